The predicted molar refractivity (Wildman–Crippen MR) is 162 cm³/mol. The van der Waals surface area contributed by atoms with E-state index in [4.69, 9.17) is 4.98 Å². The van der Waals surface area contributed by atoms with Gasteiger partial charge in [-0.05, 0) is 68.1 Å². The molecule has 0 radical (unpaired) electrons. The Morgan fingerprint density at radius 3 is 2.17 bits per heavy atom. The number of anilines is 5. The van der Waals surface area contributed by atoms with Crippen LogP contribution in [0.15, 0.2) is 60.7 Å². The van der Waals surface area contributed by atoms with Crippen LogP contribution in [0.2, 0.25) is 0 Å². The van der Waals surface area contributed by atoms with Crippen molar-refractivity contribution < 1.29 is 35.9 Å². The number of aryl methyl sites for hydroxylation is 1. The van der Waals surface area contributed by atoms with E-state index in [9.17, 15) is 27.2 Å². The van der Waals surface area contributed by atoms with Gasteiger partial charge in [-0.1, -0.05) is 12.1 Å². The summed E-state index contributed by atoms with van der Waals surface area (Å²) < 4.78 is 85.5. The van der Waals surface area contributed by atoms with E-state index in [0.717, 1.165) is 47.4 Å². The van der Waals surface area contributed by atoms with E-state index in [0.29, 0.717) is 36.6 Å². The number of aromatic nitrogens is 2. The molecule has 0 aliphatic carbocycles. The fourth-order valence-corrected chi connectivity index (χ4v) is 5.53. The van der Waals surface area contributed by atoms with E-state index in [2.05, 4.69) is 15.2 Å². The van der Waals surface area contributed by atoms with Gasteiger partial charge >= 0.3 is 18.1 Å². The second-order valence-corrected chi connectivity index (χ2v) is 11.1. The van der Waals surface area contributed by atoms with Crippen molar-refractivity contribution in [3.8, 4) is 11.3 Å². The predicted octanol–water partition coefficient (Wildman–Crippen LogP) is 6.21. The quantitative estimate of drug-likeness (QED) is 0.258. The van der Waals surface area contributed by atoms with Crippen molar-refractivity contribution in [2.45, 2.75) is 19.6 Å². The SMILES string of the molecule is Cc1ccc(N(C(=O)C(F)(F)F)c2ccc(F)cc2)cc1-c1nc(N2CCN(C)CC2)nc2c1CNC(=O)N2c1c(F)cccc1F. The maximum absolute atomic E-state index is 15.1. The Balaban J connectivity index is 1.58. The fraction of sp³-hybridized carbons (Fsp3) is 0.250. The summed E-state index contributed by atoms with van der Waals surface area (Å²) >= 11 is 0. The maximum atomic E-state index is 15.1. The lowest BCUT2D eigenvalue weighted by molar-refractivity contribution is -0.169. The molecule has 2 aliphatic heterocycles. The van der Waals surface area contributed by atoms with Gasteiger partial charge in [0.2, 0.25) is 5.95 Å². The normalized spacial score (nSPS) is 15.4. The molecular weight excluding hydrogens is 628 g/mol. The lowest BCUT2D eigenvalue weighted by Gasteiger charge is -2.35. The first-order chi connectivity index (χ1) is 22.3. The van der Waals surface area contributed by atoms with Gasteiger partial charge in [-0.3, -0.25) is 9.69 Å². The molecule has 0 atom stereocenters. The van der Waals surface area contributed by atoms with Crippen LogP contribution < -0.4 is 20.0 Å². The molecule has 3 heterocycles. The summed E-state index contributed by atoms with van der Waals surface area (Å²) in [4.78, 5) is 40.5. The number of nitrogens with zero attached hydrogens (tertiary/aromatic N) is 6. The van der Waals surface area contributed by atoms with Gasteiger partial charge in [-0.25, -0.2) is 27.8 Å². The number of hydrogen-bond donors (Lipinski definition) is 1. The molecule has 0 spiro atoms. The van der Waals surface area contributed by atoms with E-state index in [-0.39, 0.29) is 46.5 Å². The molecule has 47 heavy (non-hydrogen) atoms. The highest BCUT2D eigenvalue weighted by Crippen LogP contribution is 2.41. The number of urea groups is 1. The molecule has 0 unspecified atom stereocenters. The topological polar surface area (TPSA) is 84.9 Å². The van der Waals surface area contributed by atoms with Gasteiger partial charge in [-0.15, -0.1) is 0 Å². The van der Waals surface area contributed by atoms with E-state index in [1.165, 1.54) is 18.2 Å². The van der Waals surface area contributed by atoms with Crippen LogP contribution in [0.3, 0.4) is 0 Å². The summed E-state index contributed by atoms with van der Waals surface area (Å²) in [6, 6.07) is 10.4. The number of carbonyl (C=O) groups excluding carboxylic acids is 2. The Bertz CT molecular complexity index is 1840. The van der Waals surface area contributed by atoms with Crippen LogP contribution in [-0.4, -0.2) is 66.2 Å². The molecule has 6 rings (SSSR count). The van der Waals surface area contributed by atoms with Gasteiger partial charge in [0.1, 0.15) is 23.1 Å². The second kappa shape index (κ2) is 12.2. The second-order valence-electron chi connectivity index (χ2n) is 11.1. The first-order valence-electron chi connectivity index (χ1n) is 14.5. The molecule has 3 aromatic carbocycles. The molecule has 0 bridgehead atoms. The Kier molecular flexibility index (Phi) is 8.26. The summed E-state index contributed by atoms with van der Waals surface area (Å²) in [5.41, 5.74) is 0.0968. The van der Waals surface area contributed by atoms with Crippen molar-refractivity contribution in [1.82, 2.24) is 20.2 Å². The van der Waals surface area contributed by atoms with E-state index in [1.54, 1.807) is 6.92 Å². The molecule has 1 saturated heterocycles. The van der Waals surface area contributed by atoms with Crippen molar-refractivity contribution in [2.24, 2.45) is 0 Å². The number of alkyl halides is 3. The molecule has 15 heteroatoms. The Labute approximate surface area is 265 Å². The molecule has 3 amide bonds. The van der Waals surface area contributed by atoms with E-state index >= 15 is 8.78 Å². The van der Waals surface area contributed by atoms with Gasteiger partial charge in [-0.2, -0.15) is 18.2 Å². The van der Waals surface area contributed by atoms with Crippen LogP contribution in [0.5, 0.6) is 0 Å². The third kappa shape index (κ3) is 6.05. The summed E-state index contributed by atoms with van der Waals surface area (Å²) in [5, 5.41) is 2.59. The number of nitrogens with one attached hydrogen (secondary N) is 1. The summed E-state index contributed by atoms with van der Waals surface area (Å²) in [5.74, 6) is -4.94. The number of halogens is 6. The number of piperazine rings is 1. The number of amides is 3. The lowest BCUT2D eigenvalue weighted by atomic mass is 9.98. The van der Waals surface area contributed by atoms with Crippen molar-refractivity contribution >= 4 is 40.8 Å². The summed E-state index contributed by atoms with van der Waals surface area (Å²) in [6.07, 6.45) is -5.28. The van der Waals surface area contributed by atoms with Crippen molar-refractivity contribution in [2.75, 3.05) is 47.9 Å². The zero-order valence-corrected chi connectivity index (χ0v) is 25.1. The zero-order chi connectivity index (χ0) is 33.6. The number of benzene rings is 3. The lowest BCUT2D eigenvalue weighted by Crippen LogP contribution is -2.46. The van der Waals surface area contributed by atoms with Gasteiger partial charge in [0.25, 0.3) is 0 Å². The minimum atomic E-state index is -5.28. The molecular formula is C32H27F6N7O2. The van der Waals surface area contributed by atoms with Gasteiger partial charge in [0.15, 0.2) is 5.82 Å². The van der Waals surface area contributed by atoms with Crippen LogP contribution in [0, 0.1) is 24.4 Å². The number of para-hydroxylation sites is 1. The minimum Gasteiger partial charge on any atom is -0.338 e. The van der Waals surface area contributed by atoms with Crippen LogP contribution in [0.25, 0.3) is 11.3 Å². The molecule has 9 nitrogen and oxygen atoms in total. The molecule has 0 saturated carbocycles. The summed E-state index contributed by atoms with van der Waals surface area (Å²) in [7, 11) is 1.94. The Hall–Kier alpha value is -5.18. The summed E-state index contributed by atoms with van der Waals surface area (Å²) in [6.45, 7) is 3.74. The number of likely N-dealkylation sites (N-methyl/N-ethyl adjacent to an activating group) is 1. The Morgan fingerprint density at radius 1 is 0.894 bits per heavy atom. The first kappa shape index (κ1) is 31.8. The van der Waals surface area contributed by atoms with Gasteiger partial charge in [0, 0.05) is 48.7 Å². The fourth-order valence-electron chi connectivity index (χ4n) is 5.53. The average molecular weight is 656 g/mol. The highest BCUT2D eigenvalue weighted by molar-refractivity contribution is 6.05. The molecule has 2 aliphatic rings. The maximum Gasteiger partial charge on any atom is 0.472 e. The number of carbonyl (C=O) groups is 2. The highest BCUT2D eigenvalue weighted by atomic mass is 19.4. The Morgan fingerprint density at radius 2 is 1.53 bits per heavy atom. The standard InChI is InChI=1S/C32H27F6N7O2/c1-18-6-9-21(44(29(46)32(36,37)38)20-10-7-19(33)8-11-20)16-22(18)26-23-17-39-31(47)45(27-24(34)4-3-5-25(27)35)28(23)41-30(40-26)43-14-12-42(2)13-15-43/h3-11,16H,12-15,17H2,1-2H3,(H,39,47). The molecule has 1 N–H and O–H groups in total. The molecule has 1 fully saturated rings. The van der Waals surface area contributed by atoms with Crippen LogP contribution in [-0.2, 0) is 11.3 Å². The minimum absolute atomic E-state index is 0.108. The number of hydrogen-bond acceptors (Lipinski definition) is 6. The van der Waals surface area contributed by atoms with Crippen LogP contribution in [0.4, 0.5) is 60.0 Å². The monoisotopic (exact) mass is 655 g/mol. The molecule has 4 aromatic rings. The van der Waals surface area contributed by atoms with Crippen molar-refractivity contribution in [3.63, 3.8) is 0 Å². The first-order valence-corrected chi connectivity index (χ1v) is 14.5. The zero-order valence-electron chi connectivity index (χ0n) is 25.1. The number of fused-ring (bicyclic) bond motifs is 1. The van der Waals surface area contributed by atoms with Crippen molar-refractivity contribution in [1.29, 1.82) is 0 Å². The van der Waals surface area contributed by atoms with Gasteiger partial charge < -0.3 is 15.1 Å². The van der Waals surface area contributed by atoms with Gasteiger partial charge in [0.05, 0.1) is 12.2 Å². The molecule has 244 valence electrons. The third-order valence-electron chi connectivity index (χ3n) is 8.02. The smallest absolute Gasteiger partial charge is 0.338 e. The average Bonchev–Trinajstić information content (AvgIpc) is 3.03. The highest BCUT2D eigenvalue weighted by Gasteiger charge is 2.44. The van der Waals surface area contributed by atoms with E-state index in [1.807, 2.05) is 11.9 Å². The third-order valence-corrected chi connectivity index (χ3v) is 8.02. The molecule has 1 aromatic heterocycles. The van der Waals surface area contributed by atoms with Crippen LogP contribution in [0.1, 0.15) is 11.1 Å². The van der Waals surface area contributed by atoms with Crippen LogP contribution >= 0.6 is 0 Å². The van der Waals surface area contributed by atoms with Crippen molar-refractivity contribution in [3.05, 3.63) is 89.2 Å². The number of rotatable bonds is 5. The largest absolute Gasteiger partial charge is 0.472 e. The van der Waals surface area contributed by atoms with E-state index < -0.39 is 41.3 Å².